The summed E-state index contributed by atoms with van der Waals surface area (Å²) < 4.78 is 42.2. The lowest BCUT2D eigenvalue weighted by atomic mass is 10.1. The van der Waals surface area contributed by atoms with Gasteiger partial charge in [0, 0.05) is 12.6 Å². The monoisotopic (exact) mass is 553 g/mol. The number of nitrogens with zero attached hydrogens (tertiary/aromatic N) is 2. The molecule has 0 aromatic heterocycles. The zero-order valence-electron chi connectivity index (χ0n) is 23.0. The molecule has 7 nitrogen and oxygen atoms in total. The largest absolute Gasteiger partial charge is 0.352 e. The van der Waals surface area contributed by atoms with Gasteiger partial charge in [0.05, 0.1) is 10.6 Å². The van der Waals surface area contributed by atoms with Gasteiger partial charge in [0.2, 0.25) is 11.8 Å². The predicted molar refractivity (Wildman–Crippen MR) is 151 cm³/mol. The number of carbonyl (C=O) groups is 2. The maximum atomic E-state index is 13.9. The van der Waals surface area contributed by atoms with Gasteiger partial charge in [-0.2, -0.15) is 0 Å². The van der Waals surface area contributed by atoms with E-state index in [9.17, 15) is 22.4 Å². The van der Waals surface area contributed by atoms with Gasteiger partial charge >= 0.3 is 0 Å². The van der Waals surface area contributed by atoms with E-state index in [0.717, 1.165) is 39.5 Å². The highest BCUT2D eigenvalue weighted by Crippen LogP contribution is 2.25. The molecule has 1 N–H and O–H groups in total. The quantitative estimate of drug-likeness (QED) is 0.363. The lowest BCUT2D eigenvalue weighted by Crippen LogP contribution is -2.52. The van der Waals surface area contributed by atoms with Crippen molar-refractivity contribution < 1.29 is 22.4 Å². The molecule has 0 aliphatic heterocycles. The van der Waals surface area contributed by atoms with Crippen LogP contribution in [0.25, 0.3) is 0 Å². The average molecular weight is 554 g/mol. The molecule has 3 aromatic rings. The number of rotatable bonds is 11. The van der Waals surface area contributed by atoms with Crippen molar-refractivity contribution in [3.8, 4) is 0 Å². The Hall–Kier alpha value is -3.72. The van der Waals surface area contributed by atoms with Crippen LogP contribution in [0.1, 0.15) is 43.9 Å². The fourth-order valence-corrected chi connectivity index (χ4v) is 5.41. The van der Waals surface area contributed by atoms with Crippen LogP contribution in [0.5, 0.6) is 0 Å². The number of sulfonamides is 1. The van der Waals surface area contributed by atoms with Crippen molar-refractivity contribution in [2.75, 3.05) is 10.8 Å². The molecule has 3 rings (SSSR count). The number of anilines is 1. The van der Waals surface area contributed by atoms with E-state index < -0.39 is 34.3 Å². The first-order valence-corrected chi connectivity index (χ1v) is 14.4. The average Bonchev–Trinajstić information content (AvgIpc) is 2.91. The smallest absolute Gasteiger partial charge is 0.264 e. The molecule has 39 heavy (non-hydrogen) atoms. The minimum atomic E-state index is -4.20. The fraction of sp³-hybridized carbons (Fsp3) is 0.333. The van der Waals surface area contributed by atoms with E-state index in [1.54, 1.807) is 19.1 Å². The van der Waals surface area contributed by atoms with Crippen molar-refractivity contribution in [1.82, 2.24) is 10.2 Å². The van der Waals surface area contributed by atoms with Gasteiger partial charge in [0.25, 0.3) is 10.0 Å². The molecule has 0 saturated heterocycles. The zero-order chi connectivity index (χ0) is 28.7. The number of amides is 2. The molecule has 0 aliphatic rings. The minimum absolute atomic E-state index is 0.00163. The number of nitrogens with one attached hydrogen (secondary N) is 1. The van der Waals surface area contributed by atoms with Gasteiger partial charge in [-0.25, -0.2) is 12.8 Å². The Morgan fingerprint density at radius 3 is 2.13 bits per heavy atom. The Morgan fingerprint density at radius 1 is 0.923 bits per heavy atom. The Balaban J connectivity index is 2.03. The molecule has 0 saturated carbocycles. The molecule has 3 aromatic carbocycles. The molecule has 0 heterocycles. The van der Waals surface area contributed by atoms with Gasteiger partial charge in [-0.15, -0.1) is 0 Å². The highest BCUT2D eigenvalue weighted by molar-refractivity contribution is 7.92. The second-order valence-corrected chi connectivity index (χ2v) is 11.6. The molecule has 0 fully saturated rings. The number of aryl methyl sites for hydroxylation is 2. The molecular weight excluding hydrogens is 517 g/mol. The summed E-state index contributed by atoms with van der Waals surface area (Å²) in [6, 6.07) is 17.8. The maximum Gasteiger partial charge on any atom is 0.264 e. The first-order valence-electron chi connectivity index (χ1n) is 12.9. The van der Waals surface area contributed by atoms with Crippen LogP contribution >= 0.6 is 0 Å². The number of hydrogen-bond acceptors (Lipinski definition) is 4. The highest BCUT2D eigenvalue weighted by atomic mass is 32.2. The summed E-state index contributed by atoms with van der Waals surface area (Å²) in [5.41, 5.74) is 2.79. The summed E-state index contributed by atoms with van der Waals surface area (Å²) >= 11 is 0. The number of carbonyl (C=O) groups excluding carboxylic acids is 2. The van der Waals surface area contributed by atoms with Gasteiger partial charge in [0.15, 0.2) is 0 Å². The van der Waals surface area contributed by atoms with Gasteiger partial charge in [-0.05, 0) is 81.6 Å². The Morgan fingerprint density at radius 2 is 1.54 bits per heavy atom. The van der Waals surface area contributed by atoms with E-state index in [1.807, 2.05) is 52.0 Å². The van der Waals surface area contributed by atoms with Crippen molar-refractivity contribution in [1.29, 1.82) is 0 Å². The van der Waals surface area contributed by atoms with E-state index in [4.69, 9.17) is 0 Å². The number of benzene rings is 3. The third-order valence-electron chi connectivity index (χ3n) is 6.77. The van der Waals surface area contributed by atoms with Crippen molar-refractivity contribution in [3.63, 3.8) is 0 Å². The highest BCUT2D eigenvalue weighted by Gasteiger charge is 2.33. The number of halogens is 1. The third-order valence-corrected chi connectivity index (χ3v) is 8.56. The van der Waals surface area contributed by atoms with Crippen LogP contribution in [-0.2, 0) is 26.2 Å². The Kier molecular flexibility index (Phi) is 9.86. The summed E-state index contributed by atoms with van der Waals surface area (Å²) in [7, 11) is -4.20. The second kappa shape index (κ2) is 12.9. The molecule has 2 atom stereocenters. The molecule has 0 radical (unpaired) electrons. The van der Waals surface area contributed by atoms with Gasteiger partial charge < -0.3 is 10.2 Å². The molecule has 0 bridgehead atoms. The normalized spacial score (nSPS) is 12.9. The summed E-state index contributed by atoms with van der Waals surface area (Å²) in [6.07, 6.45) is 0.720. The van der Waals surface area contributed by atoms with Crippen molar-refractivity contribution in [2.24, 2.45) is 0 Å². The summed E-state index contributed by atoms with van der Waals surface area (Å²) in [5.74, 6) is -1.43. The molecular formula is C30H36FN3O4S. The first-order chi connectivity index (χ1) is 18.4. The first kappa shape index (κ1) is 29.8. The van der Waals surface area contributed by atoms with E-state index in [-0.39, 0.29) is 29.1 Å². The lowest BCUT2D eigenvalue weighted by Gasteiger charge is -2.32. The predicted octanol–water partition coefficient (Wildman–Crippen LogP) is 4.97. The lowest BCUT2D eigenvalue weighted by molar-refractivity contribution is -0.139. The van der Waals surface area contributed by atoms with Crippen LogP contribution in [0.3, 0.4) is 0 Å². The molecule has 208 valence electrons. The molecule has 0 spiro atoms. The van der Waals surface area contributed by atoms with Crippen LogP contribution in [0.15, 0.2) is 77.7 Å². The standard InChI is InChI=1S/C30H36FN3O4S/c1-6-23(4)32-30(36)24(5)33(19-25-10-8-7-9-22(25)3)29(35)20-34(27-15-13-26(31)14-16-27)39(37,38)28-17-11-21(2)12-18-28/h7-18,23-24H,6,19-20H2,1-5H3,(H,32,36)/t23-,24-/m1/s1. The van der Waals surface area contributed by atoms with Crippen molar-refractivity contribution >= 4 is 27.5 Å². The van der Waals surface area contributed by atoms with Crippen molar-refractivity contribution in [3.05, 3.63) is 95.3 Å². The Bertz CT molecular complexity index is 1390. The van der Waals surface area contributed by atoms with Crippen LogP contribution in [-0.4, -0.2) is 43.8 Å². The van der Waals surface area contributed by atoms with Crippen molar-refractivity contribution in [2.45, 2.75) is 64.6 Å². The van der Waals surface area contributed by atoms with Crippen LogP contribution in [0.4, 0.5) is 10.1 Å². The van der Waals surface area contributed by atoms with Crippen LogP contribution in [0.2, 0.25) is 0 Å². The topological polar surface area (TPSA) is 86.8 Å². The minimum Gasteiger partial charge on any atom is -0.352 e. The number of hydrogen-bond donors (Lipinski definition) is 1. The molecule has 0 unspecified atom stereocenters. The van der Waals surface area contributed by atoms with Crippen LogP contribution in [0, 0.1) is 19.7 Å². The molecule has 0 aliphatic carbocycles. The Labute approximate surface area is 230 Å². The van der Waals surface area contributed by atoms with E-state index in [0.29, 0.717) is 0 Å². The molecule has 2 amide bonds. The third kappa shape index (κ3) is 7.44. The summed E-state index contributed by atoms with van der Waals surface area (Å²) in [5, 5.41) is 2.91. The van der Waals surface area contributed by atoms with E-state index in [2.05, 4.69) is 5.32 Å². The van der Waals surface area contributed by atoms with Gasteiger partial charge in [-0.1, -0.05) is 48.9 Å². The SMILES string of the molecule is CC[C@@H](C)NC(=O)[C@@H](C)N(Cc1ccccc1C)C(=O)CN(c1ccc(F)cc1)S(=O)(=O)c1ccc(C)cc1. The summed E-state index contributed by atoms with van der Waals surface area (Å²) in [4.78, 5) is 28.4. The van der Waals surface area contributed by atoms with E-state index in [1.165, 1.54) is 29.2 Å². The van der Waals surface area contributed by atoms with Crippen LogP contribution < -0.4 is 9.62 Å². The summed E-state index contributed by atoms with van der Waals surface area (Å²) in [6.45, 7) is 8.74. The fourth-order valence-electron chi connectivity index (χ4n) is 3.99. The van der Waals surface area contributed by atoms with Gasteiger partial charge in [0.1, 0.15) is 18.4 Å². The maximum absolute atomic E-state index is 13.9. The second-order valence-electron chi connectivity index (χ2n) is 9.74. The van der Waals surface area contributed by atoms with E-state index >= 15 is 0 Å². The zero-order valence-corrected chi connectivity index (χ0v) is 23.8. The molecule has 9 heteroatoms. The van der Waals surface area contributed by atoms with Gasteiger partial charge in [-0.3, -0.25) is 13.9 Å².